The van der Waals surface area contributed by atoms with Gasteiger partial charge in [0.2, 0.25) is 0 Å². The second kappa shape index (κ2) is 9.82. The molecule has 0 atom stereocenters. The van der Waals surface area contributed by atoms with E-state index < -0.39 is 5.82 Å². The van der Waals surface area contributed by atoms with Crippen LogP contribution in [0.1, 0.15) is 27.2 Å². The number of aromatic nitrogens is 2. The van der Waals surface area contributed by atoms with Crippen molar-refractivity contribution in [3.05, 3.63) is 119 Å². The molecule has 156 valence electrons. The molecule has 1 heterocycles. The smallest absolute Gasteiger partial charge is 0.272 e. The molecule has 6 heteroatoms. The molecule has 1 aromatic heterocycles. The third-order valence-corrected chi connectivity index (χ3v) is 4.85. The molecule has 0 bridgehead atoms. The Balaban J connectivity index is 1.36. The van der Waals surface area contributed by atoms with E-state index in [1.165, 1.54) is 10.7 Å². The highest BCUT2D eigenvalue weighted by Crippen LogP contribution is 2.14. The van der Waals surface area contributed by atoms with E-state index in [0.29, 0.717) is 25.4 Å². The number of carbonyl (C=O) groups excluding carboxylic acids is 1. The Hall–Kier alpha value is -3.77. The van der Waals surface area contributed by atoms with Gasteiger partial charge in [0.25, 0.3) is 5.91 Å². The molecule has 5 nitrogen and oxygen atoms in total. The van der Waals surface area contributed by atoms with E-state index in [9.17, 15) is 9.18 Å². The lowest BCUT2D eigenvalue weighted by Gasteiger charge is -2.11. The monoisotopic (exact) mass is 415 g/mol. The van der Waals surface area contributed by atoms with Crippen LogP contribution in [0.15, 0.2) is 91.1 Å². The van der Waals surface area contributed by atoms with Crippen molar-refractivity contribution >= 4 is 5.91 Å². The highest BCUT2D eigenvalue weighted by molar-refractivity contribution is 5.92. The number of hydrogen-bond acceptors (Lipinski definition) is 3. The van der Waals surface area contributed by atoms with Crippen molar-refractivity contribution in [1.82, 2.24) is 15.1 Å². The summed E-state index contributed by atoms with van der Waals surface area (Å²) >= 11 is 0. The van der Waals surface area contributed by atoms with Crippen LogP contribution in [0.5, 0.6) is 0 Å². The van der Waals surface area contributed by atoms with Crippen LogP contribution in [0.4, 0.5) is 4.39 Å². The first kappa shape index (κ1) is 20.5. The Bertz CT molecular complexity index is 1160. The zero-order chi connectivity index (χ0) is 21.5. The maximum Gasteiger partial charge on any atom is 0.272 e. The van der Waals surface area contributed by atoms with E-state index >= 15 is 0 Å². The lowest BCUT2D eigenvalue weighted by molar-refractivity contribution is 0.0942. The van der Waals surface area contributed by atoms with Gasteiger partial charge in [-0.05, 0) is 34.9 Å². The van der Waals surface area contributed by atoms with E-state index in [1.54, 1.807) is 30.5 Å². The van der Waals surface area contributed by atoms with E-state index in [2.05, 4.69) is 10.4 Å². The number of benzene rings is 3. The summed E-state index contributed by atoms with van der Waals surface area (Å²) in [5.41, 5.74) is 3.61. The normalized spacial score (nSPS) is 10.7. The minimum Gasteiger partial charge on any atom is -0.372 e. The predicted molar refractivity (Wildman–Crippen MR) is 116 cm³/mol. The summed E-state index contributed by atoms with van der Waals surface area (Å²) in [6.45, 7) is 1.31. The first-order chi connectivity index (χ1) is 15.2. The molecular formula is C25H22FN3O2. The molecule has 4 aromatic rings. The van der Waals surface area contributed by atoms with Gasteiger partial charge in [-0.15, -0.1) is 0 Å². The van der Waals surface area contributed by atoms with Crippen molar-refractivity contribution in [2.45, 2.75) is 19.8 Å². The Labute approximate surface area is 180 Å². The van der Waals surface area contributed by atoms with Gasteiger partial charge in [-0.3, -0.25) is 4.79 Å². The summed E-state index contributed by atoms with van der Waals surface area (Å²) < 4.78 is 21.1. The maximum atomic E-state index is 13.9. The molecule has 0 aliphatic carbocycles. The summed E-state index contributed by atoms with van der Waals surface area (Å²) in [5, 5.41) is 7.08. The van der Waals surface area contributed by atoms with Crippen LogP contribution in [-0.4, -0.2) is 15.7 Å². The predicted octanol–water partition coefficient (Wildman–Crippen LogP) is 4.66. The minimum atomic E-state index is -0.401. The van der Waals surface area contributed by atoms with Crippen LogP contribution in [-0.2, 0) is 24.5 Å². The third-order valence-electron chi connectivity index (χ3n) is 4.85. The molecule has 4 rings (SSSR count). The topological polar surface area (TPSA) is 56.1 Å². The molecule has 0 aliphatic rings. The summed E-state index contributed by atoms with van der Waals surface area (Å²) in [6.07, 6.45) is 1.57. The molecule has 1 N–H and O–H groups in total. The average Bonchev–Trinajstić information content (AvgIpc) is 3.29. The van der Waals surface area contributed by atoms with Crippen molar-refractivity contribution in [2.75, 3.05) is 0 Å². The van der Waals surface area contributed by atoms with Gasteiger partial charge in [0.1, 0.15) is 11.5 Å². The second-order valence-corrected chi connectivity index (χ2v) is 7.03. The molecule has 0 fully saturated rings. The fourth-order valence-corrected chi connectivity index (χ4v) is 3.21. The quantitative estimate of drug-likeness (QED) is 0.455. The summed E-state index contributed by atoms with van der Waals surface area (Å²) in [5.74, 6) is -0.725. The van der Waals surface area contributed by atoms with Gasteiger partial charge in [0.15, 0.2) is 5.69 Å². The molecule has 0 saturated heterocycles. The van der Waals surface area contributed by atoms with E-state index in [4.69, 9.17) is 4.74 Å². The van der Waals surface area contributed by atoms with Crippen LogP contribution >= 0.6 is 0 Å². The Morgan fingerprint density at radius 3 is 2.39 bits per heavy atom. The molecule has 0 saturated carbocycles. The number of nitrogens with zero attached hydrogens (tertiary/aromatic N) is 2. The van der Waals surface area contributed by atoms with Crippen molar-refractivity contribution in [3.63, 3.8) is 0 Å². The molecule has 31 heavy (non-hydrogen) atoms. The van der Waals surface area contributed by atoms with Gasteiger partial charge in [-0.25, -0.2) is 9.07 Å². The number of ether oxygens (including phenoxy) is 1. The van der Waals surface area contributed by atoms with Crippen molar-refractivity contribution in [3.8, 4) is 5.69 Å². The van der Waals surface area contributed by atoms with Gasteiger partial charge >= 0.3 is 0 Å². The highest BCUT2D eigenvalue weighted by Gasteiger charge is 2.12. The largest absolute Gasteiger partial charge is 0.372 e. The number of nitrogens with one attached hydrogen (secondary N) is 1. The fraction of sp³-hybridized carbons (Fsp3) is 0.120. The molecule has 0 radical (unpaired) electrons. The SMILES string of the molecule is O=C(NCc1ccccc1COCc1ccccc1)c1ccn(-c2ccccc2F)n1. The van der Waals surface area contributed by atoms with Gasteiger partial charge < -0.3 is 10.1 Å². The molecule has 3 aromatic carbocycles. The van der Waals surface area contributed by atoms with Crippen molar-refractivity contribution in [1.29, 1.82) is 0 Å². The molecular weight excluding hydrogens is 393 g/mol. The first-order valence-electron chi connectivity index (χ1n) is 9.98. The standard InChI is InChI=1S/C25H22FN3O2/c26-22-12-6-7-13-24(22)29-15-14-23(28-29)25(30)27-16-20-10-4-5-11-21(20)18-31-17-19-8-2-1-3-9-19/h1-15H,16-18H2,(H,27,30). The zero-order valence-electron chi connectivity index (χ0n) is 16.9. The Kier molecular flexibility index (Phi) is 6.50. The van der Waals surface area contributed by atoms with E-state index in [1.807, 2.05) is 54.6 Å². The molecule has 0 spiro atoms. The summed E-state index contributed by atoms with van der Waals surface area (Å²) in [7, 11) is 0. The average molecular weight is 415 g/mol. The molecule has 0 aliphatic heterocycles. The Morgan fingerprint density at radius 1 is 0.871 bits per heavy atom. The minimum absolute atomic E-state index is 0.223. The molecule has 0 unspecified atom stereocenters. The second-order valence-electron chi connectivity index (χ2n) is 7.03. The lowest BCUT2D eigenvalue weighted by Crippen LogP contribution is -2.24. The highest BCUT2D eigenvalue weighted by atomic mass is 19.1. The van der Waals surface area contributed by atoms with Crippen LogP contribution in [0.25, 0.3) is 5.69 Å². The third kappa shape index (κ3) is 5.24. The van der Waals surface area contributed by atoms with Crippen LogP contribution in [0.2, 0.25) is 0 Å². The van der Waals surface area contributed by atoms with Crippen molar-refractivity contribution in [2.24, 2.45) is 0 Å². The van der Waals surface area contributed by atoms with Gasteiger partial charge in [0.05, 0.1) is 13.2 Å². The zero-order valence-corrected chi connectivity index (χ0v) is 16.9. The van der Waals surface area contributed by atoms with Crippen LogP contribution < -0.4 is 5.32 Å². The summed E-state index contributed by atoms with van der Waals surface area (Å²) in [6, 6.07) is 25.6. The number of amides is 1. The number of rotatable bonds is 8. The van der Waals surface area contributed by atoms with Gasteiger partial charge in [-0.1, -0.05) is 66.7 Å². The first-order valence-corrected chi connectivity index (χ1v) is 9.98. The van der Waals surface area contributed by atoms with E-state index in [0.717, 1.165) is 16.7 Å². The maximum absolute atomic E-state index is 13.9. The van der Waals surface area contributed by atoms with Gasteiger partial charge in [0, 0.05) is 12.7 Å². The molecule has 1 amide bonds. The summed E-state index contributed by atoms with van der Waals surface area (Å²) in [4.78, 5) is 12.5. The van der Waals surface area contributed by atoms with Crippen molar-refractivity contribution < 1.29 is 13.9 Å². The Morgan fingerprint density at radius 2 is 1.58 bits per heavy atom. The lowest BCUT2D eigenvalue weighted by atomic mass is 10.1. The van der Waals surface area contributed by atoms with Gasteiger partial charge in [-0.2, -0.15) is 5.10 Å². The number of para-hydroxylation sites is 1. The number of carbonyl (C=O) groups is 1. The number of halogens is 1. The fourth-order valence-electron chi connectivity index (χ4n) is 3.21. The van der Waals surface area contributed by atoms with E-state index in [-0.39, 0.29) is 11.6 Å². The van der Waals surface area contributed by atoms with Crippen LogP contribution in [0.3, 0.4) is 0 Å². The van der Waals surface area contributed by atoms with Crippen LogP contribution in [0, 0.1) is 5.82 Å². The number of hydrogen-bond donors (Lipinski definition) is 1.